The molecule has 0 bridgehead atoms. The average Bonchev–Trinajstić information content (AvgIpc) is 2.88. The fraction of sp³-hybridized carbons (Fsp3) is 0.783. The molecule has 2 amide bonds. The van der Waals surface area contributed by atoms with E-state index in [9.17, 15) is 14.4 Å². The number of carbonyl (C=O) groups is 3. The lowest BCUT2D eigenvalue weighted by Crippen LogP contribution is -2.60. The molecule has 36 heavy (non-hydrogen) atoms. The molecule has 4 atom stereocenters. The molecule has 0 radical (unpaired) electrons. The molecule has 13 nitrogen and oxygen atoms in total. The van der Waals surface area contributed by atoms with Gasteiger partial charge in [0.15, 0.2) is 0 Å². The summed E-state index contributed by atoms with van der Waals surface area (Å²) in [7, 11) is 0. The van der Waals surface area contributed by atoms with Crippen molar-refractivity contribution in [2.24, 2.45) is 5.11 Å². The van der Waals surface area contributed by atoms with Crippen LogP contribution in [0.4, 0.5) is 4.79 Å². The highest BCUT2D eigenvalue weighted by atomic mass is 16.6. The van der Waals surface area contributed by atoms with Crippen molar-refractivity contribution >= 4 is 18.0 Å². The van der Waals surface area contributed by atoms with E-state index < -0.39 is 18.1 Å². The number of nitrogens with one attached hydrogen (secondary N) is 1. The minimum atomic E-state index is -0.630. The maximum atomic E-state index is 12.5. The molecular weight excluding hydrogens is 472 g/mol. The topological polar surface area (TPSA) is 155 Å². The molecule has 0 saturated carbocycles. The van der Waals surface area contributed by atoms with Gasteiger partial charge in [0.1, 0.15) is 6.61 Å². The van der Waals surface area contributed by atoms with Gasteiger partial charge in [0, 0.05) is 43.1 Å². The molecular formula is C23H36N6O7. The zero-order valence-corrected chi connectivity index (χ0v) is 21.0. The third kappa shape index (κ3) is 7.82. The first kappa shape index (κ1) is 27.7. The molecule has 1 N–H and O–H groups in total. The first-order valence-electron chi connectivity index (χ1n) is 12.5. The van der Waals surface area contributed by atoms with Gasteiger partial charge < -0.3 is 29.2 Å². The van der Waals surface area contributed by atoms with Crippen LogP contribution in [0, 0.1) is 0 Å². The van der Waals surface area contributed by atoms with E-state index >= 15 is 0 Å². The summed E-state index contributed by atoms with van der Waals surface area (Å²) in [5, 5.41) is 6.80. The zero-order valence-electron chi connectivity index (χ0n) is 21.0. The van der Waals surface area contributed by atoms with Gasteiger partial charge in [0.05, 0.1) is 44.6 Å². The first-order valence-corrected chi connectivity index (χ1v) is 12.5. The highest BCUT2D eigenvalue weighted by Crippen LogP contribution is 2.29. The molecule has 13 heteroatoms. The predicted octanol–water partition coefficient (Wildman–Crippen LogP) is 1.38. The van der Waals surface area contributed by atoms with Gasteiger partial charge in [-0.3, -0.25) is 9.69 Å². The van der Waals surface area contributed by atoms with E-state index in [1.54, 1.807) is 11.8 Å². The number of hydrogen-bond donors (Lipinski definition) is 1. The normalized spacial score (nSPS) is 26.8. The van der Waals surface area contributed by atoms with Crippen molar-refractivity contribution in [3.8, 4) is 0 Å². The number of morpholine rings is 1. The Morgan fingerprint density at radius 1 is 1.22 bits per heavy atom. The van der Waals surface area contributed by atoms with Crippen LogP contribution < -0.4 is 5.32 Å². The van der Waals surface area contributed by atoms with Crippen molar-refractivity contribution in [3.63, 3.8) is 0 Å². The van der Waals surface area contributed by atoms with E-state index in [1.165, 1.54) is 6.92 Å². The Balaban J connectivity index is 1.62. The Morgan fingerprint density at radius 3 is 2.69 bits per heavy atom. The smallest absolute Gasteiger partial charge is 0.409 e. The van der Waals surface area contributed by atoms with Crippen LogP contribution in [-0.4, -0.2) is 111 Å². The summed E-state index contributed by atoms with van der Waals surface area (Å²) >= 11 is 0. The molecule has 3 aliphatic rings. The second-order valence-corrected chi connectivity index (χ2v) is 8.95. The highest BCUT2D eigenvalue weighted by Gasteiger charge is 2.40. The molecule has 0 spiro atoms. The highest BCUT2D eigenvalue weighted by molar-refractivity contribution is 5.89. The molecule has 0 unspecified atom stereocenters. The number of esters is 1. The third-order valence-electron chi connectivity index (χ3n) is 6.45. The lowest BCUT2D eigenvalue weighted by Gasteiger charge is -2.44. The number of ether oxygens (including phenoxy) is 4. The van der Waals surface area contributed by atoms with E-state index in [2.05, 4.69) is 20.2 Å². The van der Waals surface area contributed by atoms with Crippen LogP contribution in [-0.2, 0) is 28.5 Å². The maximum absolute atomic E-state index is 12.5. The second kappa shape index (κ2) is 14.0. The van der Waals surface area contributed by atoms with Crippen LogP contribution >= 0.6 is 0 Å². The van der Waals surface area contributed by atoms with Crippen molar-refractivity contribution in [3.05, 3.63) is 22.1 Å². The fourth-order valence-corrected chi connectivity index (χ4v) is 4.81. The largest absolute Gasteiger partial charge is 0.463 e. The molecule has 0 aromatic carbocycles. The number of nitrogens with zero attached hydrogens (tertiary/aromatic N) is 5. The maximum Gasteiger partial charge on any atom is 0.409 e. The predicted molar refractivity (Wildman–Crippen MR) is 128 cm³/mol. The molecule has 200 valence electrons. The SMILES string of the molecule is CCOC(=O)C1=C[C@@H](N2CCC[C@H](OCCOC(=O)N3CCOCC3)C2)[C@H](NC(C)=O)[C@@H](N=[N+]=[N-])C1. The van der Waals surface area contributed by atoms with Crippen molar-refractivity contribution in [1.29, 1.82) is 0 Å². The van der Waals surface area contributed by atoms with Crippen molar-refractivity contribution < 1.29 is 33.3 Å². The van der Waals surface area contributed by atoms with Crippen LogP contribution in [0.5, 0.6) is 0 Å². The van der Waals surface area contributed by atoms with Gasteiger partial charge in [-0.25, -0.2) is 9.59 Å². The Morgan fingerprint density at radius 2 is 2.00 bits per heavy atom. The summed E-state index contributed by atoms with van der Waals surface area (Å²) in [5.41, 5.74) is 9.54. The molecule has 2 heterocycles. The fourth-order valence-electron chi connectivity index (χ4n) is 4.81. The number of likely N-dealkylation sites (tertiary alicyclic amines) is 1. The number of rotatable bonds is 9. The summed E-state index contributed by atoms with van der Waals surface area (Å²) < 4.78 is 21.7. The van der Waals surface area contributed by atoms with Crippen LogP contribution in [0.2, 0.25) is 0 Å². The van der Waals surface area contributed by atoms with Crippen molar-refractivity contribution in [2.45, 2.75) is 57.3 Å². The lowest BCUT2D eigenvalue weighted by molar-refractivity contribution is -0.138. The number of hydrogen-bond acceptors (Lipinski definition) is 9. The molecule has 2 saturated heterocycles. The van der Waals surface area contributed by atoms with Crippen LogP contribution in [0.1, 0.15) is 33.1 Å². The molecule has 0 aromatic rings. The average molecular weight is 509 g/mol. The van der Waals surface area contributed by atoms with E-state index in [4.69, 9.17) is 24.5 Å². The van der Waals surface area contributed by atoms with Gasteiger partial charge in [0.2, 0.25) is 5.91 Å². The minimum absolute atomic E-state index is 0.113. The number of carbonyl (C=O) groups excluding carboxylic acids is 3. The van der Waals surface area contributed by atoms with E-state index in [0.717, 1.165) is 19.4 Å². The molecule has 1 aliphatic carbocycles. The Bertz CT molecular complexity index is 856. The molecule has 0 aromatic heterocycles. The molecule has 2 fully saturated rings. The molecule has 2 aliphatic heterocycles. The monoisotopic (exact) mass is 508 g/mol. The zero-order chi connectivity index (χ0) is 25.9. The van der Waals surface area contributed by atoms with E-state index in [1.807, 2.05) is 6.08 Å². The minimum Gasteiger partial charge on any atom is -0.463 e. The van der Waals surface area contributed by atoms with E-state index in [-0.39, 0.29) is 50.4 Å². The molecule has 3 rings (SSSR count). The van der Waals surface area contributed by atoms with Crippen molar-refractivity contribution in [2.75, 3.05) is 59.2 Å². The van der Waals surface area contributed by atoms with Gasteiger partial charge in [-0.05, 0) is 38.3 Å². The summed E-state index contributed by atoms with van der Waals surface area (Å²) in [6.45, 7) is 7.13. The Labute approximate surface area is 210 Å². The summed E-state index contributed by atoms with van der Waals surface area (Å²) in [4.78, 5) is 43.3. The number of piperidine rings is 1. The lowest BCUT2D eigenvalue weighted by atomic mass is 9.85. The van der Waals surface area contributed by atoms with Gasteiger partial charge >= 0.3 is 12.1 Å². The second-order valence-electron chi connectivity index (χ2n) is 8.95. The quantitative estimate of drug-likeness (QED) is 0.161. The van der Waals surface area contributed by atoms with E-state index in [0.29, 0.717) is 38.4 Å². The Kier molecular flexibility index (Phi) is 10.8. The van der Waals surface area contributed by atoms with Gasteiger partial charge in [-0.2, -0.15) is 0 Å². The van der Waals surface area contributed by atoms with Crippen LogP contribution in [0.3, 0.4) is 0 Å². The summed E-state index contributed by atoms with van der Waals surface area (Å²) in [6, 6.07) is -1.50. The third-order valence-corrected chi connectivity index (χ3v) is 6.45. The summed E-state index contributed by atoms with van der Waals surface area (Å²) in [5.74, 6) is -0.697. The van der Waals surface area contributed by atoms with Crippen LogP contribution in [0.25, 0.3) is 10.4 Å². The van der Waals surface area contributed by atoms with Crippen LogP contribution in [0.15, 0.2) is 16.8 Å². The summed E-state index contributed by atoms with van der Waals surface area (Å²) in [6.07, 6.45) is 3.20. The number of amides is 2. The Hall–Kier alpha value is -2.86. The van der Waals surface area contributed by atoms with Gasteiger partial charge in [-0.15, -0.1) is 0 Å². The standard InChI is InChI=1S/C23H36N6O7/c1-3-34-22(31)17-13-19(26-27-24)21(25-16(2)30)20(14-17)29-6-4-5-18(15-29)35-11-12-36-23(32)28-7-9-33-10-8-28/h14,18-21H,3-13,15H2,1-2H3,(H,25,30)/t18-,19-,20+,21+/m0/s1. The first-order chi connectivity index (χ1) is 17.4. The number of azide groups is 1. The van der Waals surface area contributed by atoms with Gasteiger partial charge in [0.25, 0.3) is 0 Å². The van der Waals surface area contributed by atoms with Gasteiger partial charge in [-0.1, -0.05) is 11.2 Å². The van der Waals surface area contributed by atoms with Crippen molar-refractivity contribution in [1.82, 2.24) is 15.1 Å².